The van der Waals surface area contributed by atoms with Crippen LogP contribution >= 0.6 is 11.8 Å². The third-order valence-electron chi connectivity index (χ3n) is 3.19. The highest BCUT2D eigenvalue weighted by Gasteiger charge is 2.15. The van der Waals surface area contributed by atoms with Crippen LogP contribution in [0.15, 0.2) is 29.2 Å². The maximum atomic E-state index is 12.1. The lowest BCUT2D eigenvalue weighted by atomic mass is 10.1. The predicted octanol–water partition coefficient (Wildman–Crippen LogP) is 2.97. The Morgan fingerprint density at radius 1 is 1.38 bits per heavy atom. The average molecular weight is 304 g/mol. The molecule has 112 valence electrons. The standard InChI is InChI=1S/C15H20N4OS/c1-4-5-13-17-14(19-18-13)15(20)16-10(2)11-6-8-12(21-3)9-7-11/h6-10H,4-5H2,1-3H3,(H,16,20)(H,17,18,19). The number of hydrogen-bond acceptors (Lipinski definition) is 4. The van der Waals surface area contributed by atoms with Gasteiger partial charge in [0.05, 0.1) is 6.04 Å². The van der Waals surface area contributed by atoms with Crippen LogP contribution < -0.4 is 5.32 Å². The summed E-state index contributed by atoms with van der Waals surface area (Å²) in [7, 11) is 0. The first-order valence-electron chi connectivity index (χ1n) is 7.00. The van der Waals surface area contributed by atoms with Crippen molar-refractivity contribution in [1.29, 1.82) is 0 Å². The van der Waals surface area contributed by atoms with Crippen molar-refractivity contribution in [2.24, 2.45) is 0 Å². The molecule has 0 spiro atoms. The first-order chi connectivity index (χ1) is 10.1. The van der Waals surface area contributed by atoms with Crippen LogP contribution in [0.25, 0.3) is 0 Å². The lowest BCUT2D eigenvalue weighted by Crippen LogP contribution is -2.27. The summed E-state index contributed by atoms with van der Waals surface area (Å²) in [5, 5.41) is 9.66. The zero-order valence-electron chi connectivity index (χ0n) is 12.5. The van der Waals surface area contributed by atoms with Crippen molar-refractivity contribution in [3.8, 4) is 0 Å². The Morgan fingerprint density at radius 2 is 2.10 bits per heavy atom. The van der Waals surface area contributed by atoms with Crippen molar-refractivity contribution in [3.05, 3.63) is 41.5 Å². The quantitative estimate of drug-likeness (QED) is 0.805. The SMILES string of the molecule is CCCc1nc(C(=O)NC(C)c2ccc(SC)cc2)n[nH]1. The zero-order chi connectivity index (χ0) is 15.2. The highest BCUT2D eigenvalue weighted by atomic mass is 32.2. The number of thioether (sulfide) groups is 1. The van der Waals surface area contributed by atoms with E-state index in [0.717, 1.165) is 24.2 Å². The molecule has 2 rings (SSSR count). The van der Waals surface area contributed by atoms with Crippen molar-refractivity contribution in [2.45, 2.75) is 37.6 Å². The van der Waals surface area contributed by atoms with Crippen LogP contribution in [-0.4, -0.2) is 27.3 Å². The number of rotatable bonds is 6. The van der Waals surface area contributed by atoms with Crippen LogP contribution in [-0.2, 0) is 6.42 Å². The Balaban J connectivity index is 1.99. The van der Waals surface area contributed by atoms with Crippen molar-refractivity contribution < 1.29 is 4.79 Å². The lowest BCUT2D eigenvalue weighted by Gasteiger charge is -2.13. The molecule has 0 saturated heterocycles. The number of carbonyl (C=O) groups is 1. The van der Waals surface area contributed by atoms with Gasteiger partial charge in [0.2, 0.25) is 5.82 Å². The van der Waals surface area contributed by atoms with Gasteiger partial charge in [0, 0.05) is 11.3 Å². The van der Waals surface area contributed by atoms with Gasteiger partial charge in [0.25, 0.3) is 5.91 Å². The minimum atomic E-state index is -0.255. The van der Waals surface area contributed by atoms with E-state index in [1.807, 2.05) is 25.3 Å². The summed E-state index contributed by atoms with van der Waals surface area (Å²) in [5.74, 6) is 0.695. The summed E-state index contributed by atoms with van der Waals surface area (Å²) in [6.07, 6.45) is 3.80. The fraction of sp³-hybridized carbons (Fsp3) is 0.400. The number of amides is 1. The topological polar surface area (TPSA) is 70.7 Å². The van der Waals surface area contributed by atoms with Crippen molar-refractivity contribution in [1.82, 2.24) is 20.5 Å². The molecule has 21 heavy (non-hydrogen) atoms. The first-order valence-corrected chi connectivity index (χ1v) is 8.22. The Morgan fingerprint density at radius 3 is 2.71 bits per heavy atom. The molecular formula is C15H20N4OS. The molecule has 6 heteroatoms. The summed E-state index contributed by atoms with van der Waals surface area (Å²) >= 11 is 1.70. The molecule has 1 aromatic carbocycles. The summed E-state index contributed by atoms with van der Waals surface area (Å²) < 4.78 is 0. The van der Waals surface area contributed by atoms with Crippen LogP contribution in [0.5, 0.6) is 0 Å². The lowest BCUT2D eigenvalue weighted by molar-refractivity contribution is 0.0929. The molecule has 2 aromatic rings. The van der Waals surface area contributed by atoms with Crippen molar-refractivity contribution in [2.75, 3.05) is 6.26 Å². The molecule has 0 radical (unpaired) electrons. The normalized spacial score (nSPS) is 12.1. The van der Waals surface area contributed by atoms with Gasteiger partial charge in [-0.05, 0) is 37.3 Å². The molecule has 2 N–H and O–H groups in total. The van der Waals surface area contributed by atoms with Crippen LogP contribution in [0, 0.1) is 0 Å². The van der Waals surface area contributed by atoms with Gasteiger partial charge in [-0.25, -0.2) is 4.98 Å². The highest BCUT2D eigenvalue weighted by molar-refractivity contribution is 7.98. The van der Waals surface area contributed by atoms with E-state index in [9.17, 15) is 4.79 Å². The van der Waals surface area contributed by atoms with Gasteiger partial charge in [-0.3, -0.25) is 9.89 Å². The molecule has 0 aliphatic heterocycles. The maximum Gasteiger partial charge on any atom is 0.291 e. The Hall–Kier alpha value is -1.82. The van der Waals surface area contributed by atoms with Gasteiger partial charge in [0.15, 0.2) is 0 Å². The number of benzene rings is 1. The van der Waals surface area contributed by atoms with Crippen LogP contribution in [0.2, 0.25) is 0 Å². The summed E-state index contributed by atoms with van der Waals surface area (Å²) in [6, 6.07) is 8.07. The number of carbonyl (C=O) groups excluding carboxylic acids is 1. The third kappa shape index (κ3) is 4.07. The van der Waals surface area contributed by atoms with Crippen LogP contribution in [0.3, 0.4) is 0 Å². The van der Waals surface area contributed by atoms with E-state index in [2.05, 4.69) is 39.6 Å². The minimum absolute atomic E-state index is 0.0819. The van der Waals surface area contributed by atoms with E-state index in [1.165, 1.54) is 4.90 Å². The first kappa shape index (κ1) is 15.6. The monoisotopic (exact) mass is 304 g/mol. The van der Waals surface area contributed by atoms with Gasteiger partial charge in [-0.15, -0.1) is 16.9 Å². The van der Waals surface area contributed by atoms with Crippen LogP contribution in [0.1, 0.15) is 48.3 Å². The fourth-order valence-electron chi connectivity index (χ4n) is 1.98. The van der Waals surface area contributed by atoms with E-state index in [0.29, 0.717) is 0 Å². The van der Waals surface area contributed by atoms with E-state index >= 15 is 0 Å². The summed E-state index contributed by atoms with van der Waals surface area (Å²) in [4.78, 5) is 17.5. The molecule has 1 unspecified atom stereocenters. The fourth-order valence-corrected chi connectivity index (χ4v) is 2.39. The minimum Gasteiger partial charge on any atom is -0.343 e. The number of aryl methyl sites for hydroxylation is 1. The molecule has 0 aliphatic carbocycles. The number of aromatic amines is 1. The maximum absolute atomic E-state index is 12.1. The molecule has 5 nitrogen and oxygen atoms in total. The Bertz CT molecular complexity index is 594. The second kappa shape index (κ2) is 7.26. The van der Waals surface area contributed by atoms with Crippen LogP contribution in [0.4, 0.5) is 0 Å². The molecule has 1 atom stereocenters. The number of nitrogens with zero attached hydrogens (tertiary/aromatic N) is 2. The number of hydrogen-bond donors (Lipinski definition) is 2. The van der Waals surface area contributed by atoms with Gasteiger partial charge in [0.1, 0.15) is 5.82 Å². The Kier molecular flexibility index (Phi) is 5.38. The van der Waals surface area contributed by atoms with E-state index in [1.54, 1.807) is 11.8 Å². The zero-order valence-corrected chi connectivity index (χ0v) is 13.3. The van der Waals surface area contributed by atoms with Crippen molar-refractivity contribution >= 4 is 17.7 Å². The van der Waals surface area contributed by atoms with Gasteiger partial charge in [-0.1, -0.05) is 19.1 Å². The van der Waals surface area contributed by atoms with Gasteiger partial charge in [-0.2, -0.15) is 0 Å². The predicted molar refractivity (Wildman–Crippen MR) is 84.5 cm³/mol. The number of aromatic nitrogens is 3. The number of H-pyrrole nitrogens is 1. The molecule has 0 aliphatic rings. The summed E-state index contributed by atoms with van der Waals surface area (Å²) in [6.45, 7) is 4.01. The van der Waals surface area contributed by atoms with E-state index < -0.39 is 0 Å². The van der Waals surface area contributed by atoms with Crippen molar-refractivity contribution in [3.63, 3.8) is 0 Å². The van der Waals surface area contributed by atoms with Gasteiger partial charge >= 0.3 is 0 Å². The van der Waals surface area contributed by atoms with E-state index in [4.69, 9.17) is 0 Å². The molecule has 1 heterocycles. The highest BCUT2D eigenvalue weighted by Crippen LogP contribution is 2.19. The number of nitrogens with one attached hydrogen (secondary N) is 2. The molecule has 0 bridgehead atoms. The molecule has 0 fully saturated rings. The molecular weight excluding hydrogens is 284 g/mol. The third-order valence-corrected chi connectivity index (χ3v) is 3.93. The second-order valence-electron chi connectivity index (χ2n) is 4.82. The van der Waals surface area contributed by atoms with E-state index in [-0.39, 0.29) is 17.8 Å². The molecule has 1 amide bonds. The summed E-state index contributed by atoms with van der Waals surface area (Å²) in [5.41, 5.74) is 1.06. The average Bonchev–Trinajstić information content (AvgIpc) is 2.96. The molecule has 0 saturated carbocycles. The van der Waals surface area contributed by atoms with Gasteiger partial charge < -0.3 is 5.32 Å². The second-order valence-corrected chi connectivity index (χ2v) is 5.70. The smallest absolute Gasteiger partial charge is 0.291 e. The molecule has 1 aromatic heterocycles. The largest absolute Gasteiger partial charge is 0.343 e. The Labute approximate surface area is 128 Å².